The fraction of sp³-hybridized carbons (Fsp3) is 0.600. The molecule has 0 radical (unpaired) electrons. The zero-order valence-corrected chi connectivity index (χ0v) is 13.2. The summed E-state index contributed by atoms with van der Waals surface area (Å²) in [6, 6.07) is 3.74. The van der Waals surface area contributed by atoms with Crippen molar-refractivity contribution in [2.24, 2.45) is 5.41 Å². The quantitative estimate of drug-likeness (QED) is 0.927. The molecule has 1 aromatic carbocycles. The summed E-state index contributed by atoms with van der Waals surface area (Å²) >= 11 is 12.5. The first kappa shape index (κ1) is 14.5. The number of methoxy groups -OCH3 is 1. The molecule has 0 aromatic heterocycles. The van der Waals surface area contributed by atoms with Gasteiger partial charge in [0.2, 0.25) is 0 Å². The van der Waals surface area contributed by atoms with Crippen LogP contribution in [0.3, 0.4) is 0 Å². The van der Waals surface area contributed by atoms with Gasteiger partial charge in [-0.05, 0) is 43.0 Å². The van der Waals surface area contributed by atoms with Crippen molar-refractivity contribution in [3.05, 3.63) is 27.7 Å². The minimum Gasteiger partial charge on any atom is -0.495 e. The Hall–Kier alpha value is -0.480. The predicted octanol–water partition coefficient (Wildman–Crippen LogP) is 3.19. The van der Waals surface area contributed by atoms with Crippen molar-refractivity contribution >= 4 is 23.2 Å². The van der Waals surface area contributed by atoms with E-state index >= 15 is 0 Å². The molecule has 20 heavy (non-hydrogen) atoms. The molecular formula is C15H20Cl2N2O. The van der Waals surface area contributed by atoms with Crippen LogP contribution >= 0.6 is 23.2 Å². The fourth-order valence-electron chi connectivity index (χ4n) is 3.39. The van der Waals surface area contributed by atoms with Gasteiger partial charge in [0, 0.05) is 30.7 Å². The Morgan fingerprint density at radius 1 is 1.30 bits per heavy atom. The van der Waals surface area contributed by atoms with Crippen LogP contribution in [0, 0.1) is 5.41 Å². The van der Waals surface area contributed by atoms with Gasteiger partial charge in [0.15, 0.2) is 0 Å². The van der Waals surface area contributed by atoms with E-state index in [9.17, 15) is 0 Å². The van der Waals surface area contributed by atoms with Gasteiger partial charge in [-0.2, -0.15) is 0 Å². The molecule has 1 spiro atoms. The molecule has 1 atom stereocenters. The van der Waals surface area contributed by atoms with Crippen molar-refractivity contribution in [2.75, 3.05) is 33.3 Å². The lowest BCUT2D eigenvalue weighted by atomic mass is 9.86. The zero-order valence-electron chi connectivity index (χ0n) is 11.7. The summed E-state index contributed by atoms with van der Waals surface area (Å²) in [5.74, 6) is 0.637. The molecule has 0 bridgehead atoms. The smallest absolute Gasteiger partial charge is 0.138 e. The summed E-state index contributed by atoms with van der Waals surface area (Å²) in [6.45, 7) is 5.47. The van der Waals surface area contributed by atoms with Gasteiger partial charge in [0.05, 0.1) is 12.1 Å². The maximum atomic E-state index is 6.33. The number of hydrogen-bond acceptors (Lipinski definition) is 3. The van der Waals surface area contributed by atoms with Crippen molar-refractivity contribution in [3.63, 3.8) is 0 Å². The van der Waals surface area contributed by atoms with Crippen molar-refractivity contribution in [1.82, 2.24) is 10.2 Å². The molecular weight excluding hydrogens is 295 g/mol. The molecule has 2 aliphatic rings. The third-order valence-corrected chi connectivity index (χ3v) is 5.21. The van der Waals surface area contributed by atoms with Crippen LogP contribution in [0.25, 0.3) is 0 Å². The molecule has 2 heterocycles. The van der Waals surface area contributed by atoms with Crippen LogP contribution in [-0.4, -0.2) is 38.2 Å². The van der Waals surface area contributed by atoms with Crippen LogP contribution in [0.15, 0.2) is 12.1 Å². The third-order valence-electron chi connectivity index (χ3n) is 4.56. The van der Waals surface area contributed by atoms with Crippen LogP contribution in [-0.2, 0) is 6.54 Å². The molecule has 110 valence electrons. The summed E-state index contributed by atoms with van der Waals surface area (Å²) in [6.07, 6.45) is 2.57. The van der Waals surface area contributed by atoms with Gasteiger partial charge in [-0.3, -0.25) is 4.90 Å². The van der Waals surface area contributed by atoms with E-state index in [2.05, 4.69) is 10.2 Å². The van der Waals surface area contributed by atoms with Gasteiger partial charge in [-0.1, -0.05) is 23.2 Å². The van der Waals surface area contributed by atoms with E-state index in [0.717, 1.165) is 43.3 Å². The number of rotatable bonds is 3. The Bertz CT molecular complexity index is 501. The largest absolute Gasteiger partial charge is 0.495 e. The topological polar surface area (TPSA) is 24.5 Å². The van der Waals surface area contributed by atoms with Crippen molar-refractivity contribution in [1.29, 1.82) is 0 Å². The summed E-state index contributed by atoms with van der Waals surface area (Å²) in [7, 11) is 1.61. The highest BCUT2D eigenvalue weighted by Crippen LogP contribution is 2.38. The summed E-state index contributed by atoms with van der Waals surface area (Å²) in [4.78, 5) is 2.48. The van der Waals surface area contributed by atoms with Gasteiger partial charge < -0.3 is 10.1 Å². The number of benzene rings is 1. The monoisotopic (exact) mass is 314 g/mol. The second-order valence-corrected chi connectivity index (χ2v) is 6.78. The fourth-order valence-corrected chi connectivity index (χ4v) is 3.87. The van der Waals surface area contributed by atoms with Gasteiger partial charge in [-0.15, -0.1) is 0 Å². The molecule has 3 rings (SSSR count). The van der Waals surface area contributed by atoms with Gasteiger partial charge >= 0.3 is 0 Å². The highest BCUT2D eigenvalue weighted by molar-refractivity contribution is 6.34. The zero-order chi connectivity index (χ0) is 14.2. The number of ether oxygens (including phenoxy) is 1. The maximum Gasteiger partial charge on any atom is 0.138 e. The van der Waals surface area contributed by atoms with Gasteiger partial charge in [0.25, 0.3) is 0 Å². The lowest BCUT2D eigenvalue weighted by Crippen LogP contribution is -2.29. The van der Waals surface area contributed by atoms with Crippen LogP contribution in [0.5, 0.6) is 5.75 Å². The van der Waals surface area contributed by atoms with Crippen LogP contribution < -0.4 is 10.1 Å². The summed E-state index contributed by atoms with van der Waals surface area (Å²) in [5, 5.41) is 4.85. The molecule has 1 unspecified atom stereocenters. The standard InChI is InChI=1S/C15H20Cl2N2O/c1-20-14-7-12(16)11(6-13(14)17)8-19-5-3-15(10-19)2-4-18-9-15/h6-7,18H,2-5,8-10H2,1H3. The Morgan fingerprint density at radius 3 is 2.85 bits per heavy atom. The second kappa shape index (κ2) is 5.72. The molecule has 0 saturated carbocycles. The Labute approximate surface area is 130 Å². The number of halogens is 2. The maximum absolute atomic E-state index is 6.33. The van der Waals surface area contributed by atoms with Crippen molar-refractivity contribution < 1.29 is 4.74 Å². The number of likely N-dealkylation sites (tertiary alicyclic amines) is 1. The molecule has 3 nitrogen and oxygen atoms in total. The summed E-state index contributed by atoms with van der Waals surface area (Å²) < 4.78 is 5.19. The van der Waals surface area contributed by atoms with E-state index in [1.807, 2.05) is 12.1 Å². The highest BCUT2D eigenvalue weighted by atomic mass is 35.5. The van der Waals surface area contributed by atoms with Crippen LogP contribution in [0.1, 0.15) is 18.4 Å². The first-order valence-electron chi connectivity index (χ1n) is 7.07. The predicted molar refractivity (Wildman–Crippen MR) is 82.8 cm³/mol. The van der Waals surface area contributed by atoms with E-state index in [1.54, 1.807) is 7.11 Å². The average Bonchev–Trinajstić information content (AvgIpc) is 3.04. The lowest BCUT2D eigenvalue weighted by Gasteiger charge is -2.23. The number of hydrogen-bond donors (Lipinski definition) is 1. The molecule has 2 saturated heterocycles. The number of nitrogens with one attached hydrogen (secondary N) is 1. The molecule has 0 aliphatic carbocycles. The number of nitrogens with zero attached hydrogens (tertiary/aromatic N) is 1. The SMILES string of the molecule is COc1cc(Cl)c(CN2CCC3(CCNC3)C2)cc1Cl. The Morgan fingerprint density at radius 2 is 2.15 bits per heavy atom. The third kappa shape index (κ3) is 2.77. The van der Waals surface area contributed by atoms with Crippen molar-refractivity contribution in [3.8, 4) is 5.75 Å². The Balaban J connectivity index is 1.71. The molecule has 5 heteroatoms. The van der Waals surface area contributed by atoms with E-state index in [4.69, 9.17) is 27.9 Å². The minimum absolute atomic E-state index is 0.489. The van der Waals surface area contributed by atoms with Crippen LogP contribution in [0.4, 0.5) is 0 Å². The van der Waals surface area contributed by atoms with Crippen molar-refractivity contribution in [2.45, 2.75) is 19.4 Å². The van der Waals surface area contributed by atoms with E-state index < -0.39 is 0 Å². The molecule has 2 fully saturated rings. The van der Waals surface area contributed by atoms with Crippen LogP contribution in [0.2, 0.25) is 10.0 Å². The molecule has 1 aromatic rings. The van der Waals surface area contributed by atoms with E-state index in [1.165, 1.54) is 12.8 Å². The lowest BCUT2D eigenvalue weighted by molar-refractivity contribution is 0.268. The van der Waals surface area contributed by atoms with Gasteiger partial charge in [-0.25, -0.2) is 0 Å². The first-order valence-corrected chi connectivity index (χ1v) is 7.82. The first-order chi connectivity index (χ1) is 9.62. The second-order valence-electron chi connectivity index (χ2n) is 5.97. The normalized spacial score (nSPS) is 26.6. The van der Waals surface area contributed by atoms with E-state index in [0.29, 0.717) is 16.2 Å². The minimum atomic E-state index is 0.489. The molecule has 0 amide bonds. The molecule has 2 aliphatic heterocycles. The highest BCUT2D eigenvalue weighted by Gasteiger charge is 2.40. The average molecular weight is 315 g/mol. The van der Waals surface area contributed by atoms with E-state index in [-0.39, 0.29) is 0 Å². The summed E-state index contributed by atoms with van der Waals surface area (Å²) in [5.41, 5.74) is 1.57. The Kier molecular flexibility index (Phi) is 4.14. The molecule has 1 N–H and O–H groups in total. The van der Waals surface area contributed by atoms with Gasteiger partial charge in [0.1, 0.15) is 5.75 Å².